The molecule has 1 aromatic rings. The number of ketones is 1. The zero-order valence-electron chi connectivity index (χ0n) is 13.5. The number of thiophene rings is 1. The van der Waals surface area contributed by atoms with E-state index in [1.54, 1.807) is 11.3 Å². The second-order valence-electron chi connectivity index (χ2n) is 7.21. The summed E-state index contributed by atoms with van der Waals surface area (Å²) in [7, 11) is 0. The molecule has 0 unspecified atom stereocenters. The first-order valence-corrected chi connectivity index (χ1v) is 9.63. The van der Waals surface area contributed by atoms with Gasteiger partial charge < -0.3 is 4.90 Å². The smallest absolute Gasteiger partial charge is 0.265 e. The molecule has 122 valence electrons. The highest BCUT2D eigenvalue weighted by molar-refractivity contribution is 7.12. The molecule has 4 heteroatoms. The summed E-state index contributed by atoms with van der Waals surface area (Å²) >= 11 is 1.59. The zero-order valence-corrected chi connectivity index (χ0v) is 14.3. The Kier molecular flexibility index (Phi) is 3.88. The van der Waals surface area contributed by atoms with Crippen molar-refractivity contribution in [2.75, 3.05) is 0 Å². The van der Waals surface area contributed by atoms with Gasteiger partial charge in [0.1, 0.15) is 0 Å². The van der Waals surface area contributed by atoms with Crippen LogP contribution in [-0.4, -0.2) is 22.6 Å². The van der Waals surface area contributed by atoms with E-state index in [-0.39, 0.29) is 17.7 Å². The van der Waals surface area contributed by atoms with Gasteiger partial charge in [0.15, 0.2) is 5.78 Å². The molecule has 0 aromatic carbocycles. The van der Waals surface area contributed by atoms with Crippen molar-refractivity contribution < 1.29 is 9.59 Å². The van der Waals surface area contributed by atoms with Gasteiger partial charge in [0.25, 0.3) is 5.91 Å². The number of carbonyl (C=O) groups excluding carboxylic acids is 2. The third kappa shape index (κ3) is 2.57. The van der Waals surface area contributed by atoms with E-state index in [0.717, 1.165) is 29.7 Å². The molecule has 0 N–H and O–H groups in total. The Morgan fingerprint density at radius 2 is 1.91 bits per heavy atom. The van der Waals surface area contributed by atoms with Crippen LogP contribution < -0.4 is 0 Å². The standard InChI is InChI=1S/C19H23NO2S/c1-12-5-4-8-16(17(21)9-12)20-10-14-15(13-6-2-3-7-13)11-23-18(14)19(20)22/h11,13,16H,1-10H2/t16-/m0/s1. The monoisotopic (exact) mass is 329 g/mol. The molecular weight excluding hydrogens is 306 g/mol. The van der Waals surface area contributed by atoms with Crippen molar-refractivity contribution in [3.8, 4) is 0 Å². The third-order valence-electron chi connectivity index (χ3n) is 5.68. The summed E-state index contributed by atoms with van der Waals surface area (Å²) in [4.78, 5) is 28.1. The minimum atomic E-state index is -0.238. The number of Topliss-reactive ketones (excluding diaryl/α,β-unsaturated/α-hetero) is 1. The van der Waals surface area contributed by atoms with Crippen LogP contribution in [0, 0.1) is 0 Å². The Hall–Kier alpha value is -1.42. The molecule has 2 aliphatic carbocycles. The fourth-order valence-corrected chi connectivity index (χ4v) is 5.55. The average molecular weight is 329 g/mol. The largest absolute Gasteiger partial charge is 0.323 e. The minimum Gasteiger partial charge on any atom is -0.323 e. The number of fused-ring (bicyclic) bond motifs is 1. The number of allylic oxidation sites excluding steroid dienone is 1. The average Bonchev–Trinajstić information content (AvgIpc) is 3.20. The van der Waals surface area contributed by atoms with Crippen molar-refractivity contribution in [2.45, 2.75) is 69.9 Å². The van der Waals surface area contributed by atoms with Crippen LogP contribution in [0.1, 0.15) is 78.1 Å². The van der Waals surface area contributed by atoms with Gasteiger partial charge in [0, 0.05) is 13.0 Å². The van der Waals surface area contributed by atoms with Gasteiger partial charge in [-0.1, -0.05) is 25.0 Å². The summed E-state index contributed by atoms with van der Waals surface area (Å²) in [5, 5.41) is 2.20. The first-order chi connectivity index (χ1) is 11.1. The van der Waals surface area contributed by atoms with Gasteiger partial charge in [-0.25, -0.2) is 0 Å². The van der Waals surface area contributed by atoms with E-state index in [0.29, 0.717) is 18.9 Å². The first kappa shape index (κ1) is 15.1. The van der Waals surface area contributed by atoms with Gasteiger partial charge in [0.2, 0.25) is 0 Å². The van der Waals surface area contributed by atoms with E-state index < -0.39 is 0 Å². The van der Waals surface area contributed by atoms with Crippen LogP contribution in [0.15, 0.2) is 17.5 Å². The van der Waals surface area contributed by atoms with Crippen molar-refractivity contribution >= 4 is 23.0 Å². The molecule has 2 heterocycles. The lowest BCUT2D eigenvalue weighted by molar-refractivity contribution is -0.122. The van der Waals surface area contributed by atoms with Gasteiger partial charge in [-0.3, -0.25) is 9.59 Å². The molecule has 3 aliphatic rings. The normalized spacial score (nSPS) is 26.0. The van der Waals surface area contributed by atoms with E-state index >= 15 is 0 Å². The maximum atomic E-state index is 12.8. The molecule has 0 bridgehead atoms. The summed E-state index contributed by atoms with van der Waals surface area (Å²) < 4.78 is 0. The van der Waals surface area contributed by atoms with E-state index in [4.69, 9.17) is 0 Å². The van der Waals surface area contributed by atoms with Crippen molar-refractivity contribution in [2.24, 2.45) is 0 Å². The fraction of sp³-hybridized carbons (Fsp3) is 0.579. The number of nitrogens with zero attached hydrogens (tertiary/aromatic N) is 1. The quantitative estimate of drug-likeness (QED) is 0.594. The first-order valence-electron chi connectivity index (χ1n) is 8.75. The van der Waals surface area contributed by atoms with E-state index in [1.165, 1.54) is 36.8 Å². The van der Waals surface area contributed by atoms with E-state index in [9.17, 15) is 9.59 Å². The second kappa shape index (κ2) is 5.90. The predicted molar refractivity (Wildman–Crippen MR) is 91.8 cm³/mol. The topological polar surface area (TPSA) is 37.4 Å². The molecule has 1 aliphatic heterocycles. The number of rotatable bonds is 2. The number of hydrogen-bond acceptors (Lipinski definition) is 3. The number of amides is 1. The summed E-state index contributed by atoms with van der Waals surface area (Å²) in [6.45, 7) is 4.62. The minimum absolute atomic E-state index is 0.0834. The Morgan fingerprint density at radius 1 is 1.13 bits per heavy atom. The summed E-state index contributed by atoms with van der Waals surface area (Å²) in [5.74, 6) is 0.894. The van der Waals surface area contributed by atoms with Crippen LogP contribution in [0.4, 0.5) is 0 Å². The molecule has 0 radical (unpaired) electrons. The SMILES string of the molecule is C=C1CCC[C@H](N2Cc3c(C4CCCC4)csc3C2=O)C(=O)C1. The Morgan fingerprint density at radius 3 is 2.70 bits per heavy atom. The highest BCUT2D eigenvalue weighted by atomic mass is 32.1. The van der Waals surface area contributed by atoms with Crippen molar-refractivity contribution in [3.63, 3.8) is 0 Å². The van der Waals surface area contributed by atoms with Crippen molar-refractivity contribution in [3.05, 3.63) is 33.5 Å². The highest BCUT2D eigenvalue weighted by Gasteiger charge is 2.40. The van der Waals surface area contributed by atoms with Crippen LogP contribution in [0.5, 0.6) is 0 Å². The third-order valence-corrected chi connectivity index (χ3v) is 6.71. The molecular formula is C19H23NO2S. The molecule has 23 heavy (non-hydrogen) atoms. The van der Waals surface area contributed by atoms with Crippen LogP contribution >= 0.6 is 11.3 Å². The number of carbonyl (C=O) groups is 2. The lowest BCUT2D eigenvalue weighted by Crippen LogP contribution is -2.40. The zero-order chi connectivity index (χ0) is 16.0. The van der Waals surface area contributed by atoms with Crippen molar-refractivity contribution in [1.29, 1.82) is 0 Å². The Bertz CT molecular complexity index is 669. The summed E-state index contributed by atoms with van der Waals surface area (Å²) in [6.07, 6.45) is 8.21. The maximum absolute atomic E-state index is 12.8. The van der Waals surface area contributed by atoms with E-state index in [1.807, 2.05) is 4.90 Å². The fourth-order valence-electron chi connectivity index (χ4n) is 4.43. The molecule has 2 fully saturated rings. The highest BCUT2D eigenvalue weighted by Crippen LogP contribution is 2.43. The Balaban J connectivity index is 1.59. The van der Waals surface area contributed by atoms with Crippen LogP contribution in [0.25, 0.3) is 0 Å². The molecule has 2 saturated carbocycles. The molecule has 1 atom stereocenters. The van der Waals surface area contributed by atoms with Gasteiger partial charge >= 0.3 is 0 Å². The lowest BCUT2D eigenvalue weighted by atomic mass is 9.96. The Labute approximate surface area is 141 Å². The van der Waals surface area contributed by atoms with Crippen LogP contribution in [0.2, 0.25) is 0 Å². The predicted octanol–water partition coefficient (Wildman–Crippen LogP) is 4.43. The van der Waals surface area contributed by atoms with Gasteiger partial charge in [-0.05, 0) is 54.5 Å². The molecule has 0 saturated heterocycles. The lowest BCUT2D eigenvalue weighted by Gasteiger charge is -2.25. The maximum Gasteiger partial charge on any atom is 0.265 e. The molecule has 1 aromatic heterocycles. The van der Waals surface area contributed by atoms with Gasteiger partial charge in [-0.15, -0.1) is 11.3 Å². The van der Waals surface area contributed by atoms with Gasteiger partial charge in [0.05, 0.1) is 10.9 Å². The summed E-state index contributed by atoms with van der Waals surface area (Å²) in [5.41, 5.74) is 3.64. The summed E-state index contributed by atoms with van der Waals surface area (Å²) in [6, 6.07) is -0.238. The van der Waals surface area contributed by atoms with Crippen molar-refractivity contribution in [1.82, 2.24) is 4.90 Å². The molecule has 3 nitrogen and oxygen atoms in total. The van der Waals surface area contributed by atoms with E-state index in [2.05, 4.69) is 12.0 Å². The van der Waals surface area contributed by atoms with Gasteiger partial charge in [-0.2, -0.15) is 0 Å². The van der Waals surface area contributed by atoms with Crippen LogP contribution in [0.3, 0.4) is 0 Å². The molecule has 4 rings (SSSR count). The molecule has 1 amide bonds. The number of hydrogen-bond donors (Lipinski definition) is 0. The second-order valence-corrected chi connectivity index (χ2v) is 8.09. The van der Waals surface area contributed by atoms with Crippen LogP contribution in [-0.2, 0) is 11.3 Å². The molecule has 0 spiro atoms.